The van der Waals surface area contributed by atoms with Crippen LogP contribution in [0.5, 0.6) is 0 Å². The lowest BCUT2D eigenvalue weighted by molar-refractivity contribution is -0.384. The third-order valence-corrected chi connectivity index (χ3v) is 3.01. The number of aliphatic hydroxyl groups is 1. The van der Waals surface area contributed by atoms with Crippen molar-refractivity contribution in [2.75, 3.05) is 7.11 Å². The van der Waals surface area contributed by atoms with Crippen molar-refractivity contribution in [3.05, 3.63) is 39.9 Å². The molecule has 8 nitrogen and oxygen atoms in total. The molecule has 0 radical (unpaired) electrons. The second kappa shape index (κ2) is 4.89. The topological polar surface area (TPSA) is 105 Å². The average molecular weight is 279 g/mol. The van der Waals surface area contributed by atoms with E-state index in [-0.39, 0.29) is 12.1 Å². The molecule has 0 aromatic heterocycles. The summed E-state index contributed by atoms with van der Waals surface area (Å²) in [6.45, 7) is 1.67. The molecule has 0 fully saturated rings. The summed E-state index contributed by atoms with van der Waals surface area (Å²) in [5, 5.41) is 26.1. The Balaban J connectivity index is 2.38. The summed E-state index contributed by atoms with van der Waals surface area (Å²) in [6, 6.07) is 5.30. The highest BCUT2D eigenvalue weighted by Gasteiger charge is 2.45. The van der Waals surface area contributed by atoms with Gasteiger partial charge >= 0.3 is 6.09 Å². The number of carbonyl (C=O) groups excluding carboxylic acids is 1. The number of amides is 1. The minimum atomic E-state index is -1.69. The summed E-state index contributed by atoms with van der Waals surface area (Å²) >= 11 is 0. The monoisotopic (exact) mass is 279 g/mol. The molecule has 1 unspecified atom stereocenters. The summed E-state index contributed by atoms with van der Waals surface area (Å²) in [7, 11) is 1.18. The summed E-state index contributed by atoms with van der Waals surface area (Å²) in [6.07, 6.45) is -0.692. The molecule has 0 aliphatic carbocycles. The lowest BCUT2D eigenvalue weighted by atomic mass is 9.98. The zero-order valence-corrected chi connectivity index (χ0v) is 10.9. The van der Waals surface area contributed by atoms with Crippen molar-refractivity contribution in [2.24, 2.45) is 5.10 Å². The number of rotatable bonds is 2. The van der Waals surface area contributed by atoms with Crippen LogP contribution in [0.2, 0.25) is 0 Å². The van der Waals surface area contributed by atoms with Gasteiger partial charge in [-0.2, -0.15) is 10.1 Å². The zero-order chi connectivity index (χ0) is 14.9. The van der Waals surface area contributed by atoms with Gasteiger partial charge < -0.3 is 9.84 Å². The van der Waals surface area contributed by atoms with Crippen molar-refractivity contribution in [1.82, 2.24) is 5.01 Å². The van der Waals surface area contributed by atoms with E-state index in [0.29, 0.717) is 11.3 Å². The predicted molar refractivity (Wildman–Crippen MR) is 69.0 cm³/mol. The fraction of sp³-hybridized carbons (Fsp3) is 0.333. The van der Waals surface area contributed by atoms with Crippen molar-refractivity contribution in [3.8, 4) is 0 Å². The molecule has 106 valence electrons. The molecule has 0 saturated heterocycles. The fourth-order valence-corrected chi connectivity index (χ4v) is 2.07. The molecule has 2 rings (SSSR count). The van der Waals surface area contributed by atoms with Crippen molar-refractivity contribution in [1.29, 1.82) is 0 Å². The van der Waals surface area contributed by atoms with Crippen LogP contribution in [-0.4, -0.2) is 34.0 Å². The third kappa shape index (κ3) is 2.21. The lowest BCUT2D eigenvalue weighted by Crippen LogP contribution is -2.43. The first-order chi connectivity index (χ1) is 9.38. The normalized spacial score (nSPS) is 21.6. The third-order valence-electron chi connectivity index (χ3n) is 3.01. The number of hydrogen-bond donors (Lipinski definition) is 1. The van der Waals surface area contributed by atoms with Crippen molar-refractivity contribution in [2.45, 2.75) is 19.1 Å². The summed E-state index contributed by atoms with van der Waals surface area (Å²) in [5.41, 5.74) is -0.908. The van der Waals surface area contributed by atoms with E-state index in [1.54, 1.807) is 6.92 Å². The highest BCUT2D eigenvalue weighted by atomic mass is 16.6. The molecule has 1 aliphatic heterocycles. The van der Waals surface area contributed by atoms with Gasteiger partial charge in [0.05, 0.1) is 12.0 Å². The number of non-ortho nitro benzene ring substituents is 1. The van der Waals surface area contributed by atoms with Gasteiger partial charge in [0.1, 0.15) is 0 Å². The van der Waals surface area contributed by atoms with Crippen LogP contribution in [0.15, 0.2) is 29.4 Å². The van der Waals surface area contributed by atoms with Crippen LogP contribution in [0.1, 0.15) is 18.9 Å². The Hall–Kier alpha value is -2.48. The van der Waals surface area contributed by atoms with Crippen LogP contribution in [0, 0.1) is 10.1 Å². The van der Waals surface area contributed by atoms with Gasteiger partial charge in [-0.25, -0.2) is 4.79 Å². The summed E-state index contributed by atoms with van der Waals surface area (Å²) in [4.78, 5) is 21.7. The van der Waals surface area contributed by atoms with E-state index in [9.17, 15) is 20.0 Å². The second-order valence-electron chi connectivity index (χ2n) is 4.41. The van der Waals surface area contributed by atoms with Gasteiger partial charge in [0.2, 0.25) is 0 Å². The molecular weight excluding hydrogens is 266 g/mol. The Bertz CT molecular complexity index is 583. The van der Waals surface area contributed by atoms with Crippen LogP contribution in [0.4, 0.5) is 10.5 Å². The van der Waals surface area contributed by atoms with Crippen LogP contribution < -0.4 is 0 Å². The highest BCUT2D eigenvalue weighted by Crippen LogP contribution is 2.36. The van der Waals surface area contributed by atoms with E-state index in [2.05, 4.69) is 9.84 Å². The van der Waals surface area contributed by atoms with E-state index < -0.39 is 16.7 Å². The van der Waals surface area contributed by atoms with E-state index in [1.165, 1.54) is 31.4 Å². The van der Waals surface area contributed by atoms with E-state index in [1.807, 2.05) is 0 Å². The Morgan fingerprint density at radius 3 is 2.60 bits per heavy atom. The minimum absolute atomic E-state index is 0.0994. The van der Waals surface area contributed by atoms with Crippen LogP contribution >= 0.6 is 0 Å². The molecule has 0 bridgehead atoms. The molecular formula is C12H13N3O5. The van der Waals surface area contributed by atoms with Crippen molar-refractivity contribution < 1.29 is 19.6 Å². The lowest BCUT2D eigenvalue weighted by Gasteiger charge is -2.30. The molecule has 0 spiro atoms. The average Bonchev–Trinajstić information content (AvgIpc) is 2.74. The molecule has 1 heterocycles. The Morgan fingerprint density at radius 1 is 1.50 bits per heavy atom. The second-order valence-corrected chi connectivity index (χ2v) is 4.41. The molecule has 8 heteroatoms. The van der Waals surface area contributed by atoms with Crippen LogP contribution in [0.3, 0.4) is 0 Å². The quantitative estimate of drug-likeness (QED) is 0.653. The van der Waals surface area contributed by atoms with Gasteiger partial charge in [0.15, 0.2) is 5.72 Å². The Morgan fingerprint density at radius 2 is 2.10 bits per heavy atom. The maximum absolute atomic E-state index is 11.7. The number of nitrogens with zero attached hydrogens (tertiary/aromatic N) is 3. The molecule has 20 heavy (non-hydrogen) atoms. The van der Waals surface area contributed by atoms with E-state index in [0.717, 1.165) is 5.01 Å². The number of methoxy groups -OCH3 is 1. The van der Waals surface area contributed by atoms with Crippen LogP contribution in [-0.2, 0) is 10.5 Å². The molecule has 0 saturated carbocycles. The van der Waals surface area contributed by atoms with E-state index in [4.69, 9.17) is 0 Å². The first-order valence-corrected chi connectivity index (χ1v) is 5.78. The molecule has 1 aromatic rings. The number of carbonyl (C=O) groups is 1. The van der Waals surface area contributed by atoms with Gasteiger partial charge in [-0.1, -0.05) is 0 Å². The van der Waals surface area contributed by atoms with Crippen molar-refractivity contribution in [3.63, 3.8) is 0 Å². The van der Waals surface area contributed by atoms with Crippen molar-refractivity contribution >= 4 is 17.5 Å². The van der Waals surface area contributed by atoms with Gasteiger partial charge in [0, 0.05) is 29.8 Å². The standard InChI is InChI=1S/C12H13N3O5/c1-8-7-12(17,14(13-8)11(16)20-2)9-3-5-10(6-4-9)15(18)19/h3-6,17H,7H2,1-2H3. The van der Waals surface area contributed by atoms with E-state index >= 15 is 0 Å². The predicted octanol–water partition coefficient (Wildman–Crippen LogP) is 1.59. The van der Waals surface area contributed by atoms with Gasteiger partial charge in [-0.15, -0.1) is 0 Å². The van der Waals surface area contributed by atoms with Gasteiger partial charge in [-0.3, -0.25) is 10.1 Å². The number of hydrazone groups is 1. The molecule has 1 aromatic carbocycles. The SMILES string of the molecule is COC(=O)N1N=C(C)CC1(O)c1ccc([N+](=O)[O-])cc1. The number of hydrogen-bond acceptors (Lipinski definition) is 6. The minimum Gasteiger partial charge on any atom is -0.451 e. The largest absolute Gasteiger partial charge is 0.451 e. The fourth-order valence-electron chi connectivity index (χ4n) is 2.07. The smallest absolute Gasteiger partial charge is 0.433 e. The number of nitro groups is 1. The number of ether oxygens (including phenoxy) is 1. The van der Waals surface area contributed by atoms with Gasteiger partial charge in [-0.05, 0) is 19.1 Å². The van der Waals surface area contributed by atoms with Gasteiger partial charge in [0.25, 0.3) is 5.69 Å². The Kier molecular flexibility index (Phi) is 3.41. The molecule has 1 aliphatic rings. The maximum Gasteiger partial charge on any atom is 0.433 e. The highest BCUT2D eigenvalue weighted by molar-refractivity contribution is 5.87. The molecule has 1 atom stereocenters. The Labute approximate surface area is 114 Å². The first-order valence-electron chi connectivity index (χ1n) is 5.78. The first kappa shape index (κ1) is 13.9. The summed E-state index contributed by atoms with van der Waals surface area (Å²) < 4.78 is 4.57. The maximum atomic E-state index is 11.7. The number of benzene rings is 1. The molecule has 1 N–H and O–H groups in total. The zero-order valence-electron chi connectivity index (χ0n) is 10.9. The molecule has 1 amide bonds. The van der Waals surface area contributed by atoms with Crippen LogP contribution in [0.25, 0.3) is 0 Å². The number of nitro benzene ring substituents is 1. The summed E-state index contributed by atoms with van der Waals surface area (Å²) in [5.74, 6) is 0.